The van der Waals surface area contributed by atoms with Crippen molar-refractivity contribution in [2.45, 2.75) is 111 Å². The number of rotatable bonds is 13. The van der Waals surface area contributed by atoms with Crippen molar-refractivity contribution in [1.82, 2.24) is 0 Å². The standard InChI is InChI=1S/C24H45O3P/c1-8-11-12-13-14-15-18-28(25,26)27-22-17-16-20(23(4,5)9-2)19-21(22)24(6,7)10-3/h16-17,19,25-26,28H,8-15,18H2,1-7H3. The normalized spacial score (nSPS) is 13.6. The van der Waals surface area contributed by atoms with Crippen LogP contribution in [0, 0.1) is 0 Å². The Bertz CT molecular complexity index is 594. The third-order valence-electron chi connectivity index (χ3n) is 6.39. The summed E-state index contributed by atoms with van der Waals surface area (Å²) in [4.78, 5) is 21.2. The molecule has 0 unspecified atom stereocenters. The molecule has 0 amide bonds. The molecule has 0 saturated carbocycles. The van der Waals surface area contributed by atoms with Crippen LogP contribution in [-0.2, 0) is 10.8 Å². The minimum absolute atomic E-state index is 0.0835. The summed E-state index contributed by atoms with van der Waals surface area (Å²) in [6, 6.07) is 6.26. The zero-order chi connectivity index (χ0) is 21.4. The number of hydrogen-bond acceptors (Lipinski definition) is 3. The summed E-state index contributed by atoms with van der Waals surface area (Å²) < 4.78 is 5.90. The first-order valence-electron chi connectivity index (χ1n) is 11.3. The molecule has 0 aromatic heterocycles. The van der Waals surface area contributed by atoms with Crippen LogP contribution in [0.3, 0.4) is 0 Å². The summed E-state index contributed by atoms with van der Waals surface area (Å²) in [5, 5.41) is 0. The van der Waals surface area contributed by atoms with Gasteiger partial charge in [-0.3, -0.25) is 0 Å². The van der Waals surface area contributed by atoms with Crippen molar-refractivity contribution >= 4 is 7.94 Å². The Morgan fingerprint density at radius 2 is 1.39 bits per heavy atom. The maximum atomic E-state index is 10.6. The van der Waals surface area contributed by atoms with Crippen LogP contribution in [0.4, 0.5) is 0 Å². The molecule has 1 rings (SSSR count). The van der Waals surface area contributed by atoms with Crippen LogP contribution in [-0.4, -0.2) is 15.9 Å². The molecule has 1 aromatic rings. The van der Waals surface area contributed by atoms with E-state index in [0.717, 1.165) is 37.7 Å². The molecule has 0 spiro atoms. The summed E-state index contributed by atoms with van der Waals surface area (Å²) in [6.45, 7) is 15.5. The zero-order valence-electron chi connectivity index (χ0n) is 19.4. The predicted octanol–water partition coefficient (Wildman–Crippen LogP) is 7.28. The third kappa shape index (κ3) is 7.65. The van der Waals surface area contributed by atoms with Gasteiger partial charge in [0.2, 0.25) is 0 Å². The van der Waals surface area contributed by atoms with Crippen molar-refractivity contribution in [2.75, 3.05) is 6.16 Å². The second-order valence-corrected chi connectivity index (χ2v) is 11.7. The van der Waals surface area contributed by atoms with E-state index in [1.54, 1.807) is 0 Å². The molecule has 0 saturated heterocycles. The first-order valence-corrected chi connectivity index (χ1v) is 13.3. The van der Waals surface area contributed by atoms with Gasteiger partial charge in [0.1, 0.15) is 0 Å². The molecule has 3 nitrogen and oxygen atoms in total. The number of hydrogen-bond donors (Lipinski definition) is 2. The number of unbranched alkanes of at least 4 members (excludes halogenated alkanes) is 5. The molecule has 0 aliphatic rings. The van der Waals surface area contributed by atoms with Gasteiger partial charge in [-0.05, 0) is 0 Å². The van der Waals surface area contributed by atoms with E-state index in [-0.39, 0.29) is 10.8 Å². The van der Waals surface area contributed by atoms with Gasteiger partial charge >= 0.3 is 174 Å². The Kier molecular flexibility index (Phi) is 9.94. The SMILES string of the molecule is CCCCCCCC[PH](O)(O)Oc1ccc(C(C)(C)CC)cc1C(C)(C)CC. The average molecular weight is 413 g/mol. The molecule has 0 aliphatic carbocycles. The molecule has 1 aromatic carbocycles. The van der Waals surface area contributed by atoms with Crippen LogP contribution in [0.25, 0.3) is 0 Å². The fourth-order valence-electron chi connectivity index (χ4n) is 3.33. The first kappa shape index (κ1) is 25.4. The van der Waals surface area contributed by atoms with E-state index in [1.165, 1.54) is 24.8 Å². The van der Waals surface area contributed by atoms with Crippen LogP contribution in [0.2, 0.25) is 0 Å². The van der Waals surface area contributed by atoms with Gasteiger partial charge in [-0.1, -0.05) is 0 Å². The molecule has 0 fully saturated rings. The summed E-state index contributed by atoms with van der Waals surface area (Å²) in [5.41, 5.74) is 2.36. The Balaban J connectivity index is 2.96. The third-order valence-corrected chi connectivity index (χ3v) is 7.94. The fraction of sp³-hybridized carbons (Fsp3) is 0.750. The molecule has 0 heterocycles. The van der Waals surface area contributed by atoms with E-state index in [1.807, 2.05) is 6.07 Å². The van der Waals surface area contributed by atoms with Crippen molar-refractivity contribution in [2.24, 2.45) is 0 Å². The van der Waals surface area contributed by atoms with Gasteiger partial charge in [0, 0.05) is 0 Å². The van der Waals surface area contributed by atoms with Crippen LogP contribution >= 0.6 is 7.94 Å². The average Bonchev–Trinajstić information content (AvgIpc) is 2.64. The molecule has 2 N–H and O–H groups in total. The fourth-order valence-corrected chi connectivity index (χ4v) is 4.67. The van der Waals surface area contributed by atoms with Crippen molar-refractivity contribution in [3.63, 3.8) is 0 Å². The molecule has 0 bridgehead atoms. The van der Waals surface area contributed by atoms with E-state index in [0.29, 0.717) is 11.9 Å². The second kappa shape index (κ2) is 11.0. The maximum absolute atomic E-state index is 10.6. The molecular formula is C24H45O3P. The second-order valence-electron chi connectivity index (χ2n) is 9.55. The molecule has 4 heteroatoms. The van der Waals surface area contributed by atoms with Crippen molar-refractivity contribution < 1.29 is 14.3 Å². The summed E-state index contributed by atoms with van der Waals surface area (Å²) in [6.07, 6.45) is 9.10. The van der Waals surface area contributed by atoms with Gasteiger partial charge in [0.25, 0.3) is 0 Å². The Hall–Kier alpha value is -0.630. The van der Waals surface area contributed by atoms with Gasteiger partial charge in [-0.25, -0.2) is 0 Å². The van der Waals surface area contributed by atoms with Crippen molar-refractivity contribution in [3.8, 4) is 5.75 Å². The quantitative estimate of drug-likeness (QED) is 0.264. The summed E-state index contributed by atoms with van der Waals surface area (Å²) in [7, 11) is -3.71. The van der Waals surface area contributed by atoms with Crippen LogP contribution in [0.1, 0.15) is 111 Å². The minimum atomic E-state index is -3.71. The van der Waals surface area contributed by atoms with E-state index in [4.69, 9.17) is 4.52 Å². The molecule has 164 valence electrons. The van der Waals surface area contributed by atoms with Crippen molar-refractivity contribution in [3.05, 3.63) is 29.3 Å². The molecular weight excluding hydrogens is 367 g/mol. The van der Waals surface area contributed by atoms with Crippen LogP contribution < -0.4 is 4.52 Å². The van der Waals surface area contributed by atoms with E-state index >= 15 is 0 Å². The zero-order valence-corrected chi connectivity index (χ0v) is 20.4. The summed E-state index contributed by atoms with van der Waals surface area (Å²) in [5.74, 6) is 0.644. The molecule has 0 radical (unpaired) electrons. The first-order chi connectivity index (χ1) is 13.0. The summed E-state index contributed by atoms with van der Waals surface area (Å²) >= 11 is 0. The van der Waals surface area contributed by atoms with Gasteiger partial charge in [0.15, 0.2) is 0 Å². The van der Waals surface area contributed by atoms with Crippen molar-refractivity contribution in [1.29, 1.82) is 0 Å². The van der Waals surface area contributed by atoms with Crippen LogP contribution in [0.15, 0.2) is 18.2 Å². The Morgan fingerprint density at radius 3 is 1.96 bits per heavy atom. The van der Waals surface area contributed by atoms with E-state index in [2.05, 4.69) is 60.6 Å². The van der Waals surface area contributed by atoms with Gasteiger partial charge < -0.3 is 0 Å². The van der Waals surface area contributed by atoms with Gasteiger partial charge in [-0.2, -0.15) is 0 Å². The Labute approximate surface area is 174 Å². The molecule has 0 aliphatic heterocycles. The van der Waals surface area contributed by atoms with Crippen LogP contribution in [0.5, 0.6) is 5.75 Å². The van der Waals surface area contributed by atoms with Gasteiger partial charge in [0.05, 0.1) is 0 Å². The van der Waals surface area contributed by atoms with Gasteiger partial charge in [-0.15, -0.1) is 0 Å². The monoisotopic (exact) mass is 412 g/mol. The van der Waals surface area contributed by atoms with E-state index in [9.17, 15) is 9.79 Å². The molecule has 0 atom stereocenters. The van der Waals surface area contributed by atoms with E-state index < -0.39 is 7.94 Å². The number of benzene rings is 1. The Morgan fingerprint density at radius 1 is 0.821 bits per heavy atom. The topological polar surface area (TPSA) is 49.7 Å². The predicted molar refractivity (Wildman–Crippen MR) is 125 cm³/mol. The molecule has 28 heavy (non-hydrogen) atoms.